The number of aromatic nitrogens is 1. The minimum atomic E-state index is 0.440. The van der Waals surface area contributed by atoms with Crippen LogP contribution in [0, 0.1) is 0 Å². The van der Waals surface area contributed by atoms with Gasteiger partial charge in [0.2, 0.25) is 5.88 Å². The topological polar surface area (TPSA) is 43.4 Å². The van der Waals surface area contributed by atoms with Gasteiger partial charge in [0.25, 0.3) is 0 Å². The first-order valence-corrected chi connectivity index (χ1v) is 7.12. The summed E-state index contributed by atoms with van der Waals surface area (Å²) in [5.74, 6) is 1.49. The fourth-order valence-electron chi connectivity index (χ4n) is 1.82. The summed E-state index contributed by atoms with van der Waals surface area (Å²) < 4.78 is 10.9. The summed E-state index contributed by atoms with van der Waals surface area (Å²) in [5.41, 5.74) is 2.07. The van der Waals surface area contributed by atoms with Gasteiger partial charge >= 0.3 is 0 Å². The van der Waals surface area contributed by atoms with E-state index in [9.17, 15) is 0 Å². The Balaban J connectivity index is 1.91. The highest BCUT2D eigenvalue weighted by Gasteiger charge is 2.01. The molecule has 0 spiro atoms. The summed E-state index contributed by atoms with van der Waals surface area (Å²) in [6.45, 7) is 5.48. The molecule has 2 aromatic rings. The van der Waals surface area contributed by atoms with E-state index in [-0.39, 0.29) is 0 Å². The monoisotopic (exact) mass is 286 g/mol. The minimum Gasteiger partial charge on any atom is -0.497 e. The second kappa shape index (κ2) is 7.64. The zero-order chi connectivity index (χ0) is 15.1. The fourth-order valence-corrected chi connectivity index (χ4v) is 1.82. The van der Waals surface area contributed by atoms with Crippen molar-refractivity contribution >= 4 is 0 Å². The molecule has 4 nitrogen and oxygen atoms in total. The average Bonchev–Trinajstić information content (AvgIpc) is 2.52. The third-order valence-corrected chi connectivity index (χ3v) is 3.02. The van der Waals surface area contributed by atoms with Crippen LogP contribution in [-0.4, -0.2) is 18.1 Å². The molecular formula is C17H22N2O2. The molecule has 0 atom stereocenters. The molecule has 0 bridgehead atoms. The summed E-state index contributed by atoms with van der Waals surface area (Å²) in [6.07, 6.45) is 0. The van der Waals surface area contributed by atoms with Gasteiger partial charge in [-0.25, -0.2) is 4.98 Å². The maximum Gasteiger partial charge on any atom is 0.213 e. The van der Waals surface area contributed by atoms with Crippen molar-refractivity contribution in [1.82, 2.24) is 10.3 Å². The highest BCUT2D eigenvalue weighted by molar-refractivity contribution is 5.27. The molecule has 0 saturated carbocycles. The lowest BCUT2D eigenvalue weighted by atomic mass is 10.2. The minimum absolute atomic E-state index is 0.440. The summed E-state index contributed by atoms with van der Waals surface area (Å²) in [5, 5.41) is 3.34. The van der Waals surface area contributed by atoms with Gasteiger partial charge in [0, 0.05) is 18.7 Å². The van der Waals surface area contributed by atoms with E-state index in [1.54, 1.807) is 7.11 Å². The number of pyridine rings is 1. The van der Waals surface area contributed by atoms with Crippen molar-refractivity contribution in [2.45, 2.75) is 33.0 Å². The molecule has 0 saturated heterocycles. The molecule has 1 heterocycles. The zero-order valence-electron chi connectivity index (χ0n) is 12.8. The normalized spacial score (nSPS) is 10.7. The fraction of sp³-hybridized carbons (Fsp3) is 0.353. The predicted octanol–water partition coefficient (Wildman–Crippen LogP) is 3.17. The van der Waals surface area contributed by atoms with Gasteiger partial charge in [-0.1, -0.05) is 32.0 Å². The molecule has 21 heavy (non-hydrogen) atoms. The molecule has 1 aromatic carbocycles. The maximum atomic E-state index is 5.73. The van der Waals surface area contributed by atoms with Gasteiger partial charge in [-0.05, 0) is 23.8 Å². The van der Waals surface area contributed by atoms with E-state index < -0.39 is 0 Å². The maximum absolute atomic E-state index is 5.73. The number of ether oxygens (including phenoxy) is 2. The van der Waals surface area contributed by atoms with Crippen LogP contribution in [0.5, 0.6) is 11.6 Å². The number of nitrogens with zero attached hydrogens (tertiary/aromatic N) is 1. The van der Waals surface area contributed by atoms with Crippen LogP contribution in [0.4, 0.5) is 0 Å². The van der Waals surface area contributed by atoms with E-state index in [4.69, 9.17) is 9.47 Å². The zero-order valence-corrected chi connectivity index (χ0v) is 12.8. The molecule has 1 N–H and O–H groups in total. The Kier molecular flexibility index (Phi) is 5.58. The van der Waals surface area contributed by atoms with Crippen molar-refractivity contribution in [2.24, 2.45) is 0 Å². The number of hydrogen-bond acceptors (Lipinski definition) is 4. The quantitative estimate of drug-likeness (QED) is 0.849. The van der Waals surface area contributed by atoms with Crippen LogP contribution in [0.25, 0.3) is 0 Å². The van der Waals surface area contributed by atoms with E-state index in [0.717, 1.165) is 23.6 Å². The first-order valence-electron chi connectivity index (χ1n) is 7.12. The van der Waals surface area contributed by atoms with Crippen molar-refractivity contribution in [3.8, 4) is 11.6 Å². The van der Waals surface area contributed by atoms with Crippen LogP contribution in [0.3, 0.4) is 0 Å². The van der Waals surface area contributed by atoms with Crippen molar-refractivity contribution in [1.29, 1.82) is 0 Å². The van der Waals surface area contributed by atoms with E-state index in [0.29, 0.717) is 18.5 Å². The molecule has 0 aliphatic heterocycles. The molecule has 4 heteroatoms. The Labute approximate surface area is 126 Å². The summed E-state index contributed by atoms with van der Waals surface area (Å²) in [6, 6.07) is 14.1. The lowest BCUT2D eigenvalue weighted by molar-refractivity contribution is 0.292. The van der Waals surface area contributed by atoms with Crippen molar-refractivity contribution in [3.05, 3.63) is 53.7 Å². The standard InChI is InChI=1S/C17H22N2O2/c1-13(2)18-11-15-5-4-6-17(19-15)21-12-14-7-9-16(20-3)10-8-14/h4-10,13,18H,11-12H2,1-3H3. The van der Waals surface area contributed by atoms with Crippen LogP contribution in [0.15, 0.2) is 42.5 Å². The first kappa shape index (κ1) is 15.3. The van der Waals surface area contributed by atoms with E-state index >= 15 is 0 Å². The molecule has 0 unspecified atom stereocenters. The molecule has 0 aliphatic rings. The average molecular weight is 286 g/mol. The Bertz CT molecular complexity index is 553. The number of benzene rings is 1. The van der Waals surface area contributed by atoms with E-state index in [1.807, 2.05) is 42.5 Å². The van der Waals surface area contributed by atoms with Gasteiger partial charge in [0.05, 0.1) is 12.8 Å². The molecule has 0 amide bonds. The van der Waals surface area contributed by atoms with Gasteiger partial charge in [0.1, 0.15) is 12.4 Å². The summed E-state index contributed by atoms with van der Waals surface area (Å²) >= 11 is 0. The number of methoxy groups -OCH3 is 1. The predicted molar refractivity (Wildman–Crippen MR) is 83.5 cm³/mol. The summed E-state index contributed by atoms with van der Waals surface area (Å²) in [7, 11) is 1.66. The van der Waals surface area contributed by atoms with E-state index in [2.05, 4.69) is 24.1 Å². The Morgan fingerprint density at radius 1 is 1.10 bits per heavy atom. The SMILES string of the molecule is COc1ccc(COc2cccc(CNC(C)C)n2)cc1. The molecule has 1 aromatic heterocycles. The van der Waals surface area contributed by atoms with Crippen LogP contribution >= 0.6 is 0 Å². The van der Waals surface area contributed by atoms with Crippen LogP contribution < -0.4 is 14.8 Å². The van der Waals surface area contributed by atoms with Gasteiger partial charge in [-0.15, -0.1) is 0 Å². The number of nitrogens with one attached hydrogen (secondary N) is 1. The van der Waals surface area contributed by atoms with Crippen LogP contribution in [0.2, 0.25) is 0 Å². The van der Waals surface area contributed by atoms with Crippen molar-refractivity contribution in [3.63, 3.8) is 0 Å². The third kappa shape index (κ3) is 5.08. The molecule has 112 valence electrons. The molecule has 0 aliphatic carbocycles. The largest absolute Gasteiger partial charge is 0.497 e. The lowest BCUT2D eigenvalue weighted by Crippen LogP contribution is -2.22. The van der Waals surface area contributed by atoms with Gasteiger partial charge in [-0.2, -0.15) is 0 Å². The number of rotatable bonds is 7. The Morgan fingerprint density at radius 2 is 1.86 bits per heavy atom. The first-order chi connectivity index (χ1) is 10.2. The van der Waals surface area contributed by atoms with Crippen molar-refractivity contribution in [2.75, 3.05) is 7.11 Å². The number of hydrogen-bond donors (Lipinski definition) is 1. The molecule has 0 radical (unpaired) electrons. The van der Waals surface area contributed by atoms with E-state index in [1.165, 1.54) is 0 Å². The highest BCUT2D eigenvalue weighted by atomic mass is 16.5. The highest BCUT2D eigenvalue weighted by Crippen LogP contribution is 2.14. The second-order valence-electron chi connectivity index (χ2n) is 5.14. The smallest absolute Gasteiger partial charge is 0.213 e. The third-order valence-electron chi connectivity index (χ3n) is 3.02. The lowest BCUT2D eigenvalue weighted by Gasteiger charge is -2.10. The van der Waals surface area contributed by atoms with Crippen LogP contribution in [0.1, 0.15) is 25.1 Å². The molecule has 0 fully saturated rings. The van der Waals surface area contributed by atoms with Gasteiger partial charge in [-0.3, -0.25) is 0 Å². The molecular weight excluding hydrogens is 264 g/mol. The second-order valence-corrected chi connectivity index (χ2v) is 5.14. The van der Waals surface area contributed by atoms with Gasteiger partial charge < -0.3 is 14.8 Å². The molecule has 2 rings (SSSR count). The Morgan fingerprint density at radius 3 is 2.52 bits per heavy atom. The Hall–Kier alpha value is -2.07. The summed E-state index contributed by atoms with van der Waals surface area (Å²) in [4.78, 5) is 4.48. The van der Waals surface area contributed by atoms with Gasteiger partial charge in [0.15, 0.2) is 0 Å². The van der Waals surface area contributed by atoms with Crippen LogP contribution in [-0.2, 0) is 13.2 Å². The van der Waals surface area contributed by atoms with Crippen molar-refractivity contribution < 1.29 is 9.47 Å².